The molecule has 0 fully saturated rings. The predicted molar refractivity (Wildman–Crippen MR) is 112 cm³/mol. The van der Waals surface area contributed by atoms with Crippen molar-refractivity contribution in [1.29, 1.82) is 0 Å². The van der Waals surface area contributed by atoms with Gasteiger partial charge in [-0.2, -0.15) is 4.72 Å². The smallest absolute Gasteiger partial charge is 0.326 e. The van der Waals surface area contributed by atoms with Gasteiger partial charge in [0.05, 0.1) is 24.2 Å². The summed E-state index contributed by atoms with van der Waals surface area (Å²) in [6.07, 6.45) is 1.08. The predicted octanol–water partition coefficient (Wildman–Crippen LogP) is 3.37. The fourth-order valence-corrected chi connectivity index (χ4v) is 3.92. The second-order valence-electron chi connectivity index (χ2n) is 6.52. The average molecular weight is 418 g/mol. The molecule has 2 rings (SSSR count). The Kier molecular flexibility index (Phi) is 8.57. The number of rotatable bonds is 11. The van der Waals surface area contributed by atoms with Gasteiger partial charge in [-0.1, -0.05) is 54.1 Å². The van der Waals surface area contributed by atoms with E-state index < -0.39 is 28.1 Å². The van der Waals surface area contributed by atoms with E-state index in [-0.39, 0.29) is 24.5 Å². The molecule has 156 valence electrons. The highest BCUT2D eigenvalue weighted by molar-refractivity contribution is 7.89. The Bertz CT molecular complexity index is 895. The number of carbonyl (C=O) groups is 1. The van der Waals surface area contributed by atoms with Crippen molar-refractivity contribution in [1.82, 2.24) is 4.72 Å². The molecule has 0 aliphatic rings. The van der Waals surface area contributed by atoms with Gasteiger partial charge < -0.3 is 9.47 Å². The van der Waals surface area contributed by atoms with Gasteiger partial charge >= 0.3 is 5.97 Å². The molecular weight excluding hydrogens is 390 g/mol. The molecule has 0 radical (unpaired) electrons. The second-order valence-corrected chi connectivity index (χ2v) is 8.24. The van der Waals surface area contributed by atoms with Crippen LogP contribution in [0.25, 0.3) is 0 Å². The number of esters is 1. The maximum absolute atomic E-state index is 12.8. The van der Waals surface area contributed by atoms with E-state index in [9.17, 15) is 13.2 Å². The van der Waals surface area contributed by atoms with Crippen molar-refractivity contribution < 1.29 is 22.7 Å². The Morgan fingerprint density at radius 1 is 1.14 bits per heavy atom. The number of carbonyl (C=O) groups excluding carboxylic acids is 1. The van der Waals surface area contributed by atoms with Gasteiger partial charge in [0, 0.05) is 0 Å². The van der Waals surface area contributed by atoms with E-state index in [1.165, 1.54) is 12.1 Å². The molecule has 2 unspecified atom stereocenters. The molecule has 0 bridgehead atoms. The van der Waals surface area contributed by atoms with E-state index in [0.717, 1.165) is 11.1 Å². The van der Waals surface area contributed by atoms with E-state index in [1.807, 2.05) is 37.3 Å². The SMILES string of the molecule is C=CCC(OCc1ccccc1)C(NS(=O)(=O)c1ccc(C)cc1)C(=O)OCC. The number of hydrogen-bond acceptors (Lipinski definition) is 5. The fourth-order valence-electron chi connectivity index (χ4n) is 2.70. The van der Waals surface area contributed by atoms with Crippen LogP contribution in [0.5, 0.6) is 0 Å². The zero-order valence-corrected chi connectivity index (χ0v) is 17.5. The Morgan fingerprint density at radius 3 is 2.38 bits per heavy atom. The normalized spacial score (nSPS) is 13.4. The molecule has 1 N–H and O–H groups in total. The molecule has 6 nitrogen and oxygen atoms in total. The first-order valence-corrected chi connectivity index (χ1v) is 10.9. The summed E-state index contributed by atoms with van der Waals surface area (Å²) in [5.41, 5.74) is 1.84. The Morgan fingerprint density at radius 2 is 1.79 bits per heavy atom. The van der Waals surface area contributed by atoms with Crippen molar-refractivity contribution in [3.8, 4) is 0 Å². The van der Waals surface area contributed by atoms with Gasteiger partial charge in [-0.05, 0) is 38.0 Å². The molecule has 29 heavy (non-hydrogen) atoms. The summed E-state index contributed by atoms with van der Waals surface area (Å²) in [5.74, 6) is -0.692. The third-order valence-electron chi connectivity index (χ3n) is 4.23. The number of nitrogens with one attached hydrogen (secondary N) is 1. The lowest BCUT2D eigenvalue weighted by atomic mass is 10.1. The monoisotopic (exact) mass is 417 g/mol. The van der Waals surface area contributed by atoms with Crippen molar-refractivity contribution in [3.05, 3.63) is 78.4 Å². The summed E-state index contributed by atoms with van der Waals surface area (Å²) in [4.78, 5) is 12.6. The summed E-state index contributed by atoms with van der Waals surface area (Å²) in [7, 11) is -3.95. The highest BCUT2D eigenvalue weighted by atomic mass is 32.2. The molecule has 0 saturated carbocycles. The minimum absolute atomic E-state index is 0.0674. The lowest BCUT2D eigenvalue weighted by Crippen LogP contribution is -2.50. The number of aryl methyl sites for hydroxylation is 1. The maximum Gasteiger partial charge on any atom is 0.326 e. The molecule has 0 saturated heterocycles. The first-order valence-electron chi connectivity index (χ1n) is 9.39. The molecule has 7 heteroatoms. The van der Waals surface area contributed by atoms with Crippen LogP contribution in [0, 0.1) is 6.92 Å². The molecule has 2 aromatic carbocycles. The first-order chi connectivity index (χ1) is 13.9. The zero-order valence-electron chi connectivity index (χ0n) is 16.7. The maximum atomic E-state index is 12.8. The highest BCUT2D eigenvalue weighted by Gasteiger charge is 2.34. The number of sulfonamides is 1. The van der Waals surface area contributed by atoms with Crippen LogP contribution >= 0.6 is 0 Å². The summed E-state index contributed by atoms with van der Waals surface area (Å²) in [6, 6.07) is 14.6. The van der Waals surface area contributed by atoms with E-state index in [2.05, 4.69) is 11.3 Å². The van der Waals surface area contributed by atoms with E-state index >= 15 is 0 Å². The quantitative estimate of drug-likeness (QED) is 0.448. The molecule has 0 aromatic heterocycles. The van der Waals surface area contributed by atoms with Gasteiger partial charge in [-0.25, -0.2) is 8.42 Å². The molecule has 0 amide bonds. The second kappa shape index (κ2) is 10.9. The lowest BCUT2D eigenvalue weighted by Gasteiger charge is -2.26. The summed E-state index contributed by atoms with van der Waals surface area (Å²) >= 11 is 0. The molecule has 2 aromatic rings. The van der Waals surface area contributed by atoms with Crippen molar-refractivity contribution in [2.45, 2.75) is 43.9 Å². The minimum Gasteiger partial charge on any atom is -0.465 e. The van der Waals surface area contributed by atoms with Crippen LogP contribution in [0.3, 0.4) is 0 Å². The van der Waals surface area contributed by atoms with E-state index in [1.54, 1.807) is 25.1 Å². The molecule has 2 atom stereocenters. The fraction of sp³-hybridized carbons (Fsp3) is 0.318. The van der Waals surface area contributed by atoms with Crippen molar-refractivity contribution >= 4 is 16.0 Å². The van der Waals surface area contributed by atoms with Crippen LogP contribution in [-0.2, 0) is 30.9 Å². The van der Waals surface area contributed by atoms with Crippen LogP contribution in [-0.4, -0.2) is 33.1 Å². The van der Waals surface area contributed by atoms with Gasteiger partial charge in [-0.3, -0.25) is 4.79 Å². The van der Waals surface area contributed by atoms with E-state index in [0.29, 0.717) is 0 Å². The van der Waals surface area contributed by atoms with Crippen molar-refractivity contribution in [2.75, 3.05) is 6.61 Å². The van der Waals surface area contributed by atoms with Crippen molar-refractivity contribution in [3.63, 3.8) is 0 Å². The van der Waals surface area contributed by atoms with Crippen LogP contribution in [0.4, 0.5) is 0 Å². The summed E-state index contributed by atoms with van der Waals surface area (Å²) in [6.45, 7) is 7.58. The third-order valence-corrected chi connectivity index (χ3v) is 5.69. The van der Waals surface area contributed by atoms with E-state index in [4.69, 9.17) is 9.47 Å². The van der Waals surface area contributed by atoms with Crippen LogP contribution < -0.4 is 4.72 Å². The summed E-state index contributed by atoms with van der Waals surface area (Å²) in [5, 5.41) is 0. The Hall–Kier alpha value is -2.48. The topological polar surface area (TPSA) is 81.7 Å². The minimum atomic E-state index is -3.95. The molecule has 0 spiro atoms. The van der Waals surface area contributed by atoms with Gasteiger partial charge in [0.15, 0.2) is 0 Å². The molecule has 0 aliphatic carbocycles. The lowest BCUT2D eigenvalue weighted by molar-refractivity contribution is -0.149. The summed E-state index contributed by atoms with van der Waals surface area (Å²) < 4.78 is 39.2. The molecule has 0 heterocycles. The Labute approximate surface area is 172 Å². The highest BCUT2D eigenvalue weighted by Crippen LogP contribution is 2.16. The largest absolute Gasteiger partial charge is 0.465 e. The van der Waals surface area contributed by atoms with Gasteiger partial charge in [-0.15, -0.1) is 6.58 Å². The zero-order chi connectivity index (χ0) is 21.3. The van der Waals surface area contributed by atoms with Crippen LogP contribution in [0.1, 0.15) is 24.5 Å². The first kappa shape index (κ1) is 22.8. The Balaban J connectivity index is 2.26. The van der Waals surface area contributed by atoms with Crippen LogP contribution in [0.2, 0.25) is 0 Å². The van der Waals surface area contributed by atoms with Gasteiger partial charge in [0.1, 0.15) is 6.04 Å². The van der Waals surface area contributed by atoms with Gasteiger partial charge in [0.25, 0.3) is 0 Å². The van der Waals surface area contributed by atoms with Crippen LogP contribution in [0.15, 0.2) is 72.1 Å². The van der Waals surface area contributed by atoms with Crippen molar-refractivity contribution in [2.24, 2.45) is 0 Å². The molecular formula is C22H27NO5S. The third kappa shape index (κ3) is 6.81. The average Bonchev–Trinajstić information content (AvgIpc) is 2.71. The van der Waals surface area contributed by atoms with Gasteiger partial charge in [0.2, 0.25) is 10.0 Å². The standard InChI is InChI=1S/C22H27NO5S/c1-4-9-20(28-16-18-10-7-6-8-11-18)21(22(24)27-5-2)23-29(25,26)19-14-12-17(3)13-15-19/h4,6-8,10-15,20-21,23H,1,5,9,16H2,2-3H3. The number of ether oxygens (including phenoxy) is 2. The molecule has 0 aliphatic heterocycles. The number of benzene rings is 2. The number of hydrogen-bond donors (Lipinski definition) is 1.